The number of rotatable bonds is 3. The van der Waals surface area contributed by atoms with Crippen LogP contribution < -0.4 is 10.5 Å². The van der Waals surface area contributed by atoms with Crippen LogP contribution in [0.15, 0.2) is 30.7 Å². The lowest BCUT2D eigenvalue weighted by Gasteiger charge is -2.10. The summed E-state index contributed by atoms with van der Waals surface area (Å²) in [6.45, 7) is 2.10. The fourth-order valence-corrected chi connectivity index (χ4v) is 1.67. The van der Waals surface area contributed by atoms with Gasteiger partial charge in [0.25, 0.3) is 0 Å². The van der Waals surface area contributed by atoms with Crippen LogP contribution in [0, 0.1) is 0 Å². The molecule has 0 aliphatic carbocycles. The number of anilines is 1. The molecule has 0 saturated heterocycles. The molecule has 2 aromatic rings. The average Bonchev–Trinajstić information content (AvgIpc) is 2.78. The third-order valence-corrected chi connectivity index (χ3v) is 2.57. The zero-order valence-electron chi connectivity index (χ0n) is 9.47. The zero-order valence-corrected chi connectivity index (χ0v) is 9.47. The number of nitrogens with zero attached hydrogens (tertiary/aromatic N) is 2. The molecule has 0 fully saturated rings. The number of benzene rings is 1. The Kier molecular flexibility index (Phi) is 2.81. The van der Waals surface area contributed by atoms with Crippen LogP contribution in [0.25, 0.3) is 5.69 Å². The predicted octanol–water partition coefficient (Wildman–Crippen LogP) is 2.03. The van der Waals surface area contributed by atoms with Gasteiger partial charge >= 0.3 is 0 Å². The summed E-state index contributed by atoms with van der Waals surface area (Å²) < 4.78 is 7.23. The molecule has 0 atom stereocenters. The Labute approximate surface area is 94.7 Å². The van der Waals surface area contributed by atoms with Crippen molar-refractivity contribution in [1.29, 1.82) is 0 Å². The minimum atomic E-state index is 0.643. The quantitative estimate of drug-likeness (QED) is 0.800. The lowest BCUT2D eigenvalue weighted by Crippen LogP contribution is -1.99. The molecule has 2 N–H and O–H groups in total. The van der Waals surface area contributed by atoms with Gasteiger partial charge in [-0.05, 0) is 18.6 Å². The maximum Gasteiger partial charge on any atom is 0.143 e. The predicted molar refractivity (Wildman–Crippen MR) is 63.9 cm³/mol. The van der Waals surface area contributed by atoms with Gasteiger partial charge in [0.05, 0.1) is 24.8 Å². The number of nitrogens with two attached hydrogens (primary N) is 1. The summed E-state index contributed by atoms with van der Waals surface area (Å²) in [4.78, 5) is 4.14. The third-order valence-electron chi connectivity index (χ3n) is 2.57. The second-order valence-corrected chi connectivity index (χ2v) is 3.53. The molecule has 4 nitrogen and oxygen atoms in total. The Balaban J connectivity index is 2.48. The topological polar surface area (TPSA) is 53.1 Å². The van der Waals surface area contributed by atoms with E-state index in [0.29, 0.717) is 11.4 Å². The van der Waals surface area contributed by atoms with Crippen molar-refractivity contribution >= 4 is 5.69 Å². The fraction of sp³-hybridized carbons (Fsp3) is 0.250. The first kappa shape index (κ1) is 10.5. The van der Waals surface area contributed by atoms with Gasteiger partial charge in [-0.15, -0.1) is 0 Å². The first-order valence-electron chi connectivity index (χ1n) is 5.21. The Hall–Kier alpha value is -1.97. The van der Waals surface area contributed by atoms with Gasteiger partial charge in [0.15, 0.2) is 0 Å². The number of imidazole rings is 1. The molecule has 1 heterocycles. The summed E-state index contributed by atoms with van der Waals surface area (Å²) in [6, 6.07) is 5.71. The summed E-state index contributed by atoms with van der Waals surface area (Å²) in [5.41, 5.74) is 8.59. The highest BCUT2D eigenvalue weighted by atomic mass is 16.5. The molecule has 16 heavy (non-hydrogen) atoms. The molecular weight excluding hydrogens is 202 g/mol. The van der Waals surface area contributed by atoms with E-state index in [1.54, 1.807) is 13.4 Å². The van der Waals surface area contributed by atoms with Crippen LogP contribution in [0.2, 0.25) is 0 Å². The van der Waals surface area contributed by atoms with Gasteiger partial charge in [-0.1, -0.05) is 6.92 Å². The van der Waals surface area contributed by atoms with Gasteiger partial charge in [0, 0.05) is 18.0 Å². The first-order valence-corrected chi connectivity index (χ1v) is 5.21. The van der Waals surface area contributed by atoms with Crippen LogP contribution in [0.3, 0.4) is 0 Å². The second kappa shape index (κ2) is 4.26. The van der Waals surface area contributed by atoms with E-state index in [-0.39, 0.29) is 0 Å². The van der Waals surface area contributed by atoms with Crippen molar-refractivity contribution in [2.45, 2.75) is 13.3 Å². The summed E-state index contributed by atoms with van der Waals surface area (Å²) in [5.74, 6) is 0.688. The van der Waals surface area contributed by atoms with Crippen molar-refractivity contribution in [3.8, 4) is 11.4 Å². The lowest BCUT2D eigenvalue weighted by molar-refractivity contribution is 0.417. The number of aryl methyl sites for hydroxylation is 1. The minimum Gasteiger partial charge on any atom is -0.495 e. The van der Waals surface area contributed by atoms with Crippen LogP contribution in [0.5, 0.6) is 5.75 Å². The summed E-state index contributed by atoms with van der Waals surface area (Å²) >= 11 is 0. The summed E-state index contributed by atoms with van der Waals surface area (Å²) in [7, 11) is 1.62. The van der Waals surface area contributed by atoms with Crippen molar-refractivity contribution in [2.24, 2.45) is 0 Å². The van der Waals surface area contributed by atoms with Crippen molar-refractivity contribution in [3.63, 3.8) is 0 Å². The molecule has 0 aliphatic rings. The molecule has 0 aliphatic heterocycles. The van der Waals surface area contributed by atoms with E-state index in [4.69, 9.17) is 10.5 Å². The Morgan fingerprint density at radius 2 is 2.25 bits per heavy atom. The zero-order chi connectivity index (χ0) is 11.5. The van der Waals surface area contributed by atoms with Gasteiger partial charge in [-0.25, -0.2) is 4.98 Å². The SMILES string of the molecule is CCc1cncn1-c1ccc(N)c(OC)c1. The van der Waals surface area contributed by atoms with Crippen molar-refractivity contribution in [1.82, 2.24) is 9.55 Å². The standard InChI is InChI=1S/C12H15N3O/c1-3-9-7-14-8-15(9)10-4-5-11(13)12(6-10)16-2/h4-8H,3,13H2,1-2H3. The van der Waals surface area contributed by atoms with Gasteiger partial charge in [0.2, 0.25) is 0 Å². The van der Waals surface area contributed by atoms with Crippen LogP contribution in [-0.2, 0) is 6.42 Å². The number of methoxy groups -OCH3 is 1. The van der Waals surface area contributed by atoms with E-state index in [1.165, 1.54) is 0 Å². The molecular formula is C12H15N3O. The van der Waals surface area contributed by atoms with Crippen LogP contribution in [-0.4, -0.2) is 16.7 Å². The molecule has 0 bridgehead atoms. The van der Waals surface area contributed by atoms with E-state index in [9.17, 15) is 0 Å². The smallest absolute Gasteiger partial charge is 0.143 e. The highest BCUT2D eigenvalue weighted by Crippen LogP contribution is 2.24. The number of hydrogen-bond acceptors (Lipinski definition) is 3. The molecule has 0 spiro atoms. The van der Waals surface area contributed by atoms with Gasteiger partial charge < -0.3 is 15.0 Å². The maximum absolute atomic E-state index is 5.77. The number of aromatic nitrogens is 2. The highest BCUT2D eigenvalue weighted by Gasteiger charge is 2.05. The molecule has 4 heteroatoms. The number of ether oxygens (including phenoxy) is 1. The third kappa shape index (κ3) is 1.74. The summed E-state index contributed by atoms with van der Waals surface area (Å²) in [5, 5.41) is 0. The first-order chi connectivity index (χ1) is 7.76. The number of nitrogen functional groups attached to an aromatic ring is 1. The van der Waals surface area contributed by atoms with E-state index in [1.807, 2.05) is 29.0 Å². The van der Waals surface area contributed by atoms with Crippen LogP contribution in [0.4, 0.5) is 5.69 Å². The lowest BCUT2D eigenvalue weighted by atomic mass is 10.2. The molecule has 1 aromatic heterocycles. The van der Waals surface area contributed by atoms with Crippen LogP contribution >= 0.6 is 0 Å². The molecule has 1 aromatic carbocycles. The van der Waals surface area contributed by atoms with Gasteiger partial charge in [-0.3, -0.25) is 0 Å². The molecule has 0 saturated carbocycles. The highest BCUT2D eigenvalue weighted by molar-refractivity contribution is 5.57. The summed E-state index contributed by atoms with van der Waals surface area (Å²) in [6.07, 6.45) is 4.60. The van der Waals surface area contributed by atoms with E-state index < -0.39 is 0 Å². The Morgan fingerprint density at radius 1 is 1.44 bits per heavy atom. The Bertz CT molecular complexity index is 491. The van der Waals surface area contributed by atoms with E-state index in [2.05, 4.69) is 11.9 Å². The minimum absolute atomic E-state index is 0.643. The Morgan fingerprint density at radius 3 is 2.94 bits per heavy atom. The molecule has 0 unspecified atom stereocenters. The van der Waals surface area contributed by atoms with Crippen molar-refractivity contribution < 1.29 is 4.74 Å². The van der Waals surface area contributed by atoms with E-state index in [0.717, 1.165) is 17.8 Å². The normalized spacial score (nSPS) is 10.4. The monoisotopic (exact) mass is 217 g/mol. The van der Waals surface area contributed by atoms with Gasteiger partial charge in [-0.2, -0.15) is 0 Å². The van der Waals surface area contributed by atoms with Crippen LogP contribution in [0.1, 0.15) is 12.6 Å². The molecule has 84 valence electrons. The molecule has 0 amide bonds. The van der Waals surface area contributed by atoms with Gasteiger partial charge in [0.1, 0.15) is 5.75 Å². The second-order valence-electron chi connectivity index (χ2n) is 3.53. The average molecular weight is 217 g/mol. The fourth-order valence-electron chi connectivity index (χ4n) is 1.67. The number of hydrogen-bond donors (Lipinski definition) is 1. The van der Waals surface area contributed by atoms with Crippen molar-refractivity contribution in [2.75, 3.05) is 12.8 Å². The molecule has 0 radical (unpaired) electrons. The van der Waals surface area contributed by atoms with Crippen molar-refractivity contribution in [3.05, 3.63) is 36.4 Å². The molecule has 2 rings (SSSR count). The van der Waals surface area contributed by atoms with E-state index >= 15 is 0 Å². The maximum atomic E-state index is 5.77. The largest absolute Gasteiger partial charge is 0.495 e.